The first-order valence-corrected chi connectivity index (χ1v) is 7.24. The molecular formula is C15H22N2O5. The first kappa shape index (κ1) is 17.9. The van der Waals surface area contributed by atoms with Crippen LogP contribution in [-0.4, -0.2) is 40.7 Å². The zero-order valence-corrected chi connectivity index (χ0v) is 13.6. The summed E-state index contributed by atoms with van der Waals surface area (Å²) in [6.45, 7) is 7.22. The van der Waals surface area contributed by atoms with Gasteiger partial charge in [0.05, 0.1) is 18.9 Å². The maximum atomic E-state index is 12.6. The summed E-state index contributed by atoms with van der Waals surface area (Å²) < 4.78 is 11.0. The average molecular weight is 310 g/mol. The molecule has 122 valence electrons. The van der Waals surface area contributed by atoms with Crippen LogP contribution in [-0.2, 0) is 26.1 Å². The Kier molecular flexibility index (Phi) is 6.27. The van der Waals surface area contributed by atoms with Crippen molar-refractivity contribution in [3.8, 4) is 0 Å². The first-order valence-electron chi connectivity index (χ1n) is 7.24. The lowest BCUT2D eigenvalue weighted by Crippen LogP contribution is -2.35. The quantitative estimate of drug-likeness (QED) is 0.430. The van der Waals surface area contributed by atoms with Gasteiger partial charge >= 0.3 is 11.9 Å². The summed E-state index contributed by atoms with van der Waals surface area (Å²) in [6.07, 6.45) is 0. The lowest BCUT2D eigenvalue weighted by atomic mass is 10.0. The average Bonchev–Trinajstić information content (AvgIpc) is 2.81. The monoisotopic (exact) mass is 310 g/mol. The highest BCUT2D eigenvalue weighted by Crippen LogP contribution is 2.18. The van der Waals surface area contributed by atoms with E-state index >= 15 is 0 Å². The van der Waals surface area contributed by atoms with Crippen molar-refractivity contribution < 1.29 is 23.9 Å². The van der Waals surface area contributed by atoms with E-state index in [0.717, 1.165) is 0 Å². The molecule has 0 spiro atoms. The molecule has 0 bridgehead atoms. The molecule has 0 amide bonds. The standard InChI is InChI=1S/C15H22N2O5/c1-6-21-14(19)12(15(20)22-7-2)13(18)11-8-10(9(3)4)16-17(11)5/h8-9,12H,6-7H2,1-5H3. The summed E-state index contributed by atoms with van der Waals surface area (Å²) in [6, 6.07) is 1.58. The Labute approximate surface area is 129 Å². The van der Waals surface area contributed by atoms with Crippen molar-refractivity contribution in [2.24, 2.45) is 13.0 Å². The molecule has 0 aliphatic heterocycles. The van der Waals surface area contributed by atoms with Crippen LogP contribution < -0.4 is 0 Å². The van der Waals surface area contributed by atoms with Gasteiger partial charge in [0.2, 0.25) is 11.7 Å². The molecule has 7 heteroatoms. The molecule has 1 heterocycles. The maximum Gasteiger partial charge on any atom is 0.328 e. The van der Waals surface area contributed by atoms with E-state index in [4.69, 9.17) is 9.47 Å². The molecule has 0 saturated carbocycles. The van der Waals surface area contributed by atoms with Crippen LogP contribution >= 0.6 is 0 Å². The highest BCUT2D eigenvalue weighted by molar-refractivity contribution is 6.20. The SMILES string of the molecule is CCOC(=O)C(C(=O)OCC)C(=O)c1cc(C(C)C)nn1C. The lowest BCUT2D eigenvalue weighted by molar-refractivity contribution is -0.158. The van der Waals surface area contributed by atoms with Crippen molar-refractivity contribution in [2.75, 3.05) is 13.2 Å². The number of carbonyl (C=O) groups excluding carboxylic acids is 3. The van der Waals surface area contributed by atoms with Crippen molar-refractivity contribution in [1.29, 1.82) is 0 Å². The molecule has 0 radical (unpaired) electrons. The summed E-state index contributed by atoms with van der Waals surface area (Å²) in [5.74, 6) is -3.97. The first-order chi connectivity index (χ1) is 10.3. The third-order valence-corrected chi connectivity index (χ3v) is 3.05. The minimum absolute atomic E-state index is 0.0741. The number of hydrogen-bond donors (Lipinski definition) is 0. The summed E-state index contributed by atoms with van der Waals surface area (Å²) in [7, 11) is 1.59. The largest absolute Gasteiger partial charge is 0.465 e. The van der Waals surface area contributed by atoms with Crippen LogP contribution in [0.4, 0.5) is 0 Å². The second-order valence-corrected chi connectivity index (χ2v) is 5.03. The van der Waals surface area contributed by atoms with Gasteiger partial charge in [-0.05, 0) is 25.8 Å². The van der Waals surface area contributed by atoms with Gasteiger partial charge in [0.25, 0.3) is 0 Å². The Hall–Kier alpha value is -2.18. The van der Waals surface area contributed by atoms with Crippen molar-refractivity contribution in [3.63, 3.8) is 0 Å². The molecule has 22 heavy (non-hydrogen) atoms. The second kappa shape index (κ2) is 7.72. The fourth-order valence-corrected chi connectivity index (χ4v) is 1.91. The van der Waals surface area contributed by atoms with Crippen LogP contribution in [0.15, 0.2) is 6.07 Å². The molecule has 0 N–H and O–H groups in total. The van der Waals surface area contributed by atoms with E-state index in [1.165, 1.54) is 4.68 Å². The van der Waals surface area contributed by atoms with Gasteiger partial charge in [-0.25, -0.2) is 0 Å². The van der Waals surface area contributed by atoms with Crippen LogP contribution in [0.25, 0.3) is 0 Å². The molecule has 1 aromatic rings. The molecule has 7 nitrogen and oxygen atoms in total. The molecule has 0 fully saturated rings. The Balaban J connectivity index is 3.16. The van der Waals surface area contributed by atoms with Crippen LogP contribution in [0.3, 0.4) is 0 Å². The zero-order valence-electron chi connectivity index (χ0n) is 13.6. The van der Waals surface area contributed by atoms with E-state index in [1.54, 1.807) is 27.0 Å². The third kappa shape index (κ3) is 3.93. The van der Waals surface area contributed by atoms with Crippen LogP contribution in [0.2, 0.25) is 0 Å². The van der Waals surface area contributed by atoms with E-state index in [9.17, 15) is 14.4 Å². The summed E-state index contributed by atoms with van der Waals surface area (Å²) in [5.41, 5.74) is 0.882. The lowest BCUT2D eigenvalue weighted by Gasteiger charge is -2.13. The highest BCUT2D eigenvalue weighted by atomic mass is 16.6. The second-order valence-electron chi connectivity index (χ2n) is 5.03. The van der Waals surface area contributed by atoms with Gasteiger partial charge in [0.1, 0.15) is 5.69 Å². The number of hydrogen-bond acceptors (Lipinski definition) is 6. The Morgan fingerprint density at radius 2 is 1.64 bits per heavy atom. The van der Waals surface area contributed by atoms with Crippen LogP contribution in [0.1, 0.15) is 49.8 Å². The van der Waals surface area contributed by atoms with Crippen molar-refractivity contribution in [1.82, 2.24) is 9.78 Å². The van der Waals surface area contributed by atoms with Crippen molar-refractivity contribution in [3.05, 3.63) is 17.5 Å². The smallest absolute Gasteiger partial charge is 0.328 e. The maximum absolute atomic E-state index is 12.6. The molecule has 0 aliphatic rings. The van der Waals surface area contributed by atoms with Gasteiger partial charge < -0.3 is 9.47 Å². The normalized spacial score (nSPS) is 10.9. The van der Waals surface area contributed by atoms with Gasteiger partial charge in [-0.3, -0.25) is 19.1 Å². The molecule has 1 rings (SSSR count). The molecular weight excluding hydrogens is 288 g/mol. The Morgan fingerprint density at radius 1 is 1.14 bits per heavy atom. The van der Waals surface area contributed by atoms with Crippen LogP contribution in [0, 0.1) is 5.92 Å². The minimum atomic E-state index is -1.62. The molecule has 0 atom stereocenters. The van der Waals surface area contributed by atoms with E-state index in [0.29, 0.717) is 5.69 Å². The fraction of sp³-hybridized carbons (Fsp3) is 0.600. The number of ether oxygens (including phenoxy) is 2. The van der Waals surface area contributed by atoms with Crippen molar-refractivity contribution in [2.45, 2.75) is 33.6 Å². The van der Waals surface area contributed by atoms with E-state index in [2.05, 4.69) is 5.10 Å². The predicted molar refractivity (Wildman–Crippen MR) is 78.4 cm³/mol. The summed E-state index contributed by atoms with van der Waals surface area (Å²) in [4.78, 5) is 36.5. The van der Waals surface area contributed by atoms with Gasteiger partial charge in [0, 0.05) is 7.05 Å². The van der Waals surface area contributed by atoms with Gasteiger partial charge in [0.15, 0.2) is 0 Å². The molecule has 0 aromatic carbocycles. The number of esters is 2. The highest BCUT2D eigenvalue weighted by Gasteiger charge is 2.39. The van der Waals surface area contributed by atoms with Gasteiger partial charge in [-0.15, -0.1) is 0 Å². The van der Waals surface area contributed by atoms with E-state index in [1.807, 2.05) is 13.8 Å². The predicted octanol–water partition coefficient (Wildman–Crippen LogP) is 1.47. The topological polar surface area (TPSA) is 87.5 Å². The fourth-order valence-electron chi connectivity index (χ4n) is 1.91. The number of carbonyl (C=O) groups is 3. The number of aromatic nitrogens is 2. The molecule has 1 aromatic heterocycles. The zero-order chi connectivity index (χ0) is 16.9. The molecule has 0 saturated heterocycles. The Morgan fingerprint density at radius 3 is 2.00 bits per heavy atom. The van der Waals surface area contributed by atoms with Crippen molar-refractivity contribution >= 4 is 17.7 Å². The minimum Gasteiger partial charge on any atom is -0.465 e. The Bertz CT molecular complexity index is 544. The third-order valence-electron chi connectivity index (χ3n) is 3.05. The van der Waals surface area contributed by atoms with Gasteiger partial charge in [-0.2, -0.15) is 5.10 Å². The number of nitrogens with zero attached hydrogens (tertiary/aromatic N) is 2. The summed E-state index contributed by atoms with van der Waals surface area (Å²) in [5, 5.41) is 4.22. The van der Waals surface area contributed by atoms with E-state index in [-0.39, 0.29) is 24.8 Å². The number of Topliss-reactive ketones (excluding diaryl/α,β-unsaturated/α-hetero) is 1. The molecule has 0 aliphatic carbocycles. The number of rotatable bonds is 7. The number of aryl methyl sites for hydroxylation is 1. The van der Waals surface area contributed by atoms with E-state index < -0.39 is 23.6 Å². The summed E-state index contributed by atoms with van der Waals surface area (Å²) >= 11 is 0. The van der Waals surface area contributed by atoms with Crippen LogP contribution in [0.5, 0.6) is 0 Å². The molecule has 0 unspecified atom stereocenters. The number of ketones is 1. The van der Waals surface area contributed by atoms with Gasteiger partial charge in [-0.1, -0.05) is 13.8 Å².